The Hall–Kier alpha value is -4.75. The number of ether oxygens (including phenoxy) is 3. The van der Waals surface area contributed by atoms with E-state index in [0.717, 1.165) is 11.0 Å². The number of benzene rings is 1. The molecule has 0 unspecified atom stereocenters. The number of hydrogen-bond acceptors (Lipinski definition) is 10. The summed E-state index contributed by atoms with van der Waals surface area (Å²) >= 11 is 0. The number of carbonyl (C=O) groups excluding carboxylic acids is 4. The fourth-order valence-electron chi connectivity index (χ4n) is 7.75. The van der Waals surface area contributed by atoms with E-state index < -0.39 is 98.4 Å². The molecule has 1 aromatic carbocycles. The van der Waals surface area contributed by atoms with Crippen molar-refractivity contribution in [2.24, 2.45) is 17.8 Å². The molecule has 20 heteroatoms. The highest BCUT2D eigenvalue weighted by atomic mass is 32.2. The van der Waals surface area contributed by atoms with Crippen LogP contribution >= 0.6 is 0 Å². The number of nitrogens with zero attached hydrogens (tertiary/aromatic N) is 2. The third-order valence-corrected chi connectivity index (χ3v) is 14.0. The first-order chi connectivity index (χ1) is 27.6. The fourth-order valence-corrected chi connectivity index (χ4v) is 9.18. The van der Waals surface area contributed by atoms with Gasteiger partial charge >= 0.3 is 12.3 Å². The lowest BCUT2D eigenvalue weighted by atomic mass is 9.88. The molecule has 324 valence electrons. The second-order valence-corrected chi connectivity index (χ2v) is 18.7. The molecule has 6 rings (SSSR count). The molecule has 0 spiro atoms. The Bertz CT molecular complexity index is 2130. The molecule has 0 radical (unpaired) electrons. The summed E-state index contributed by atoms with van der Waals surface area (Å²) in [5.74, 6) is -5.18. The van der Waals surface area contributed by atoms with Crippen LogP contribution in [0.1, 0.15) is 72.6 Å². The van der Waals surface area contributed by atoms with Crippen LogP contribution in [0.25, 0.3) is 10.8 Å². The Kier molecular flexibility index (Phi) is 11.9. The van der Waals surface area contributed by atoms with Crippen molar-refractivity contribution in [3.05, 3.63) is 42.4 Å². The van der Waals surface area contributed by atoms with Crippen LogP contribution in [0.2, 0.25) is 0 Å². The Labute approximate surface area is 338 Å². The van der Waals surface area contributed by atoms with E-state index >= 15 is 0 Å². The van der Waals surface area contributed by atoms with Gasteiger partial charge in [0, 0.05) is 23.9 Å². The Balaban J connectivity index is 1.36. The zero-order valence-electron chi connectivity index (χ0n) is 33.2. The molecule has 4 amide bonds. The van der Waals surface area contributed by atoms with Gasteiger partial charge in [-0.15, -0.1) is 0 Å². The average molecular weight is 858 g/mol. The lowest BCUT2D eigenvalue weighted by molar-refractivity contribution is -0.244. The lowest BCUT2D eigenvalue weighted by Gasteiger charge is -2.34. The van der Waals surface area contributed by atoms with Crippen LogP contribution < -0.4 is 24.8 Å². The van der Waals surface area contributed by atoms with Crippen LogP contribution in [0.4, 0.5) is 26.7 Å². The number of pyridine rings is 1. The number of halogens is 5. The quantitative estimate of drug-likeness (QED) is 0.229. The van der Waals surface area contributed by atoms with Crippen LogP contribution in [0, 0.1) is 23.6 Å². The molecule has 3 N–H and O–H groups in total. The topological polar surface area (TPSA) is 182 Å². The first-order valence-electron chi connectivity index (χ1n) is 19.3. The number of carbonyl (C=O) groups is 4. The maximum atomic E-state index is 14.9. The van der Waals surface area contributed by atoms with Gasteiger partial charge in [-0.25, -0.2) is 27.0 Å². The molecule has 59 heavy (non-hydrogen) atoms. The van der Waals surface area contributed by atoms with Crippen LogP contribution in [0.5, 0.6) is 11.6 Å². The first kappa shape index (κ1) is 43.8. The number of nitrogens with one attached hydrogen (secondary N) is 3. The minimum Gasteiger partial charge on any atom is -0.494 e. The van der Waals surface area contributed by atoms with E-state index in [-0.39, 0.29) is 55.2 Å². The van der Waals surface area contributed by atoms with Crippen molar-refractivity contribution in [2.75, 3.05) is 20.3 Å². The smallest absolute Gasteiger partial charge is 0.427 e. The summed E-state index contributed by atoms with van der Waals surface area (Å²) in [4.78, 5) is 61.5. The minimum absolute atomic E-state index is 0.00807. The average Bonchev–Trinajstić information content (AvgIpc) is 4.06. The third kappa shape index (κ3) is 8.77. The number of hydrogen-bond donors (Lipinski definition) is 3. The molecule has 1 saturated heterocycles. The van der Waals surface area contributed by atoms with Crippen LogP contribution in [0.3, 0.4) is 0 Å². The number of allylic oxidation sites excluding steroid dienone is 1. The summed E-state index contributed by atoms with van der Waals surface area (Å²) in [7, 11) is -3.19. The van der Waals surface area contributed by atoms with Crippen molar-refractivity contribution in [3.8, 4) is 11.6 Å². The van der Waals surface area contributed by atoms with Gasteiger partial charge in [-0.3, -0.25) is 19.1 Å². The zero-order valence-corrected chi connectivity index (χ0v) is 34.0. The highest BCUT2D eigenvalue weighted by Gasteiger charge is 2.64. The van der Waals surface area contributed by atoms with Gasteiger partial charge < -0.3 is 29.7 Å². The predicted molar refractivity (Wildman–Crippen MR) is 202 cm³/mol. The lowest BCUT2D eigenvalue weighted by Crippen LogP contribution is -2.60. The summed E-state index contributed by atoms with van der Waals surface area (Å²) in [6.07, 6.45) is -1.58. The van der Waals surface area contributed by atoms with Gasteiger partial charge in [0.25, 0.3) is 5.91 Å². The summed E-state index contributed by atoms with van der Waals surface area (Å²) in [5, 5.41) is 5.71. The number of alkyl carbamates (subject to hydrolysis) is 1. The Morgan fingerprint density at radius 2 is 1.83 bits per heavy atom. The highest BCUT2D eigenvalue weighted by molar-refractivity contribution is 7.91. The highest BCUT2D eigenvalue weighted by Crippen LogP contribution is 2.48. The molecule has 2 aliphatic heterocycles. The van der Waals surface area contributed by atoms with Gasteiger partial charge in [0.05, 0.1) is 13.7 Å². The molecule has 2 saturated carbocycles. The van der Waals surface area contributed by atoms with Crippen molar-refractivity contribution in [2.45, 2.75) is 113 Å². The van der Waals surface area contributed by atoms with Crippen molar-refractivity contribution >= 4 is 44.6 Å². The van der Waals surface area contributed by atoms with E-state index in [4.69, 9.17) is 14.2 Å². The van der Waals surface area contributed by atoms with Gasteiger partial charge in [0.1, 0.15) is 35.1 Å². The molecule has 2 aliphatic carbocycles. The van der Waals surface area contributed by atoms with E-state index in [1.54, 1.807) is 25.1 Å². The normalized spacial score (nSPS) is 29.2. The maximum Gasteiger partial charge on any atom is 0.427 e. The second kappa shape index (κ2) is 16.0. The van der Waals surface area contributed by atoms with Crippen LogP contribution in [-0.4, -0.2) is 103 Å². The summed E-state index contributed by atoms with van der Waals surface area (Å²) in [5.41, 5.74) is -4.74. The number of sulfonamides is 1. The standard InChI is InChI=1S/C39H48F5N5O9S/c1-21-8-6-7-9-24-18-38(24,34(52)48-59(54,55)37(20-40)11-12-37)47-31(50)28-16-25(57-32-26-17-27(41)29(56-5)15-23(26)10-13-45-32)19-49(28)33(51)30(22(2)14-21)46-35(53)58-36(3,4)39(42,43)44/h7,9-10,13,15,17,21-22,24-25,28,30H,6,8,11-12,14,16,18-20H2,1-5H3,(H,46,53)(H,47,50)(H,48,52)/b9-7-/t21-,22-,24-,25-,28+,30+,38-/m1/s1. The number of methoxy groups -OCH3 is 1. The Morgan fingerprint density at radius 3 is 2.47 bits per heavy atom. The van der Waals surface area contributed by atoms with Gasteiger partial charge in [0.15, 0.2) is 11.6 Å². The van der Waals surface area contributed by atoms with Crippen molar-refractivity contribution in [3.63, 3.8) is 0 Å². The van der Waals surface area contributed by atoms with Crippen LogP contribution in [-0.2, 0) is 29.1 Å². The van der Waals surface area contributed by atoms with Gasteiger partial charge in [0.2, 0.25) is 33.3 Å². The summed E-state index contributed by atoms with van der Waals surface area (Å²) in [6, 6.07) is 1.18. The Morgan fingerprint density at radius 1 is 1.12 bits per heavy atom. The predicted octanol–water partition coefficient (Wildman–Crippen LogP) is 5.00. The molecule has 3 fully saturated rings. The third-order valence-electron chi connectivity index (χ3n) is 11.8. The molecule has 0 bridgehead atoms. The van der Waals surface area contributed by atoms with E-state index in [1.807, 2.05) is 11.6 Å². The summed E-state index contributed by atoms with van der Waals surface area (Å²) in [6.45, 7) is 3.27. The van der Waals surface area contributed by atoms with Gasteiger partial charge in [-0.05, 0) is 87.8 Å². The molecule has 3 heterocycles. The largest absolute Gasteiger partial charge is 0.494 e. The van der Waals surface area contributed by atoms with Gasteiger partial charge in [-0.2, -0.15) is 13.2 Å². The molecular formula is C39H48F5N5O9S. The fraction of sp³-hybridized carbons (Fsp3) is 0.615. The van der Waals surface area contributed by atoms with Crippen molar-refractivity contribution in [1.29, 1.82) is 0 Å². The minimum atomic E-state index is -4.95. The molecule has 7 atom stereocenters. The molecular weight excluding hydrogens is 810 g/mol. The number of fused-ring (bicyclic) bond motifs is 3. The SMILES string of the molecule is COc1cc2ccnc(O[C@@H]3C[C@H]4C(=O)N[C@]5(C(=O)NS(=O)(=O)C6(CF)CC6)C[C@H]5/C=C\CC[C@@H](C)C[C@@H](C)[C@H](NC(=O)OC(C)(C)C(F)(F)F)C(=O)N4C3)c2cc1F. The molecule has 1 aromatic heterocycles. The zero-order chi connectivity index (χ0) is 43.3. The van der Waals surface area contributed by atoms with E-state index in [9.17, 15) is 49.5 Å². The molecule has 4 aliphatic rings. The number of rotatable bonds is 9. The first-order valence-corrected chi connectivity index (χ1v) is 20.8. The number of amides is 4. The van der Waals surface area contributed by atoms with E-state index in [0.29, 0.717) is 38.5 Å². The van der Waals surface area contributed by atoms with E-state index in [2.05, 4.69) is 15.6 Å². The number of alkyl halides is 4. The van der Waals surface area contributed by atoms with Gasteiger partial charge in [-0.1, -0.05) is 26.0 Å². The molecule has 14 nitrogen and oxygen atoms in total. The van der Waals surface area contributed by atoms with Crippen molar-refractivity contribution in [1.82, 2.24) is 25.2 Å². The maximum absolute atomic E-state index is 14.9. The monoisotopic (exact) mass is 857 g/mol. The second-order valence-electron chi connectivity index (χ2n) is 16.7. The number of aromatic nitrogens is 1. The van der Waals surface area contributed by atoms with E-state index in [1.165, 1.54) is 19.4 Å². The summed E-state index contributed by atoms with van der Waals surface area (Å²) < 4.78 is 112. The molecule has 2 aromatic rings. The van der Waals surface area contributed by atoms with Crippen LogP contribution in [0.15, 0.2) is 36.5 Å². The van der Waals surface area contributed by atoms with Crippen molar-refractivity contribution < 1.29 is 63.8 Å².